The first-order chi connectivity index (χ1) is 9.47. The normalized spacial score (nSPS) is 18.9. The molecule has 3 amide bonds. The predicted octanol–water partition coefficient (Wildman–Crippen LogP) is 0.801. The lowest BCUT2D eigenvalue weighted by atomic mass is 10.1. The largest absolute Gasteiger partial charge is 0.322 e. The molecule has 1 aromatic rings. The summed E-state index contributed by atoms with van der Waals surface area (Å²) in [4.78, 5) is 36.3. The van der Waals surface area contributed by atoms with Crippen LogP contribution in [-0.2, 0) is 20.8 Å². The number of carbonyl (C=O) groups excluding carboxylic acids is 3. The van der Waals surface area contributed by atoms with Crippen LogP contribution in [0.4, 0.5) is 0 Å². The summed E-state index contributed by atoms with van der Waals surface area (Å²) in [5.41, 5.74) is 2.23. The molecule has 1 aliphatic rings. The van der Waals surface area contributed by atoms with Crippen molar-refractivity contribution in [2.45, 2.75) is 32.7 Å². The van der Waals surface area contributed by atoms with Crippen LogP contribution in [0, 0.1) is 6.92 Å². The molecule has 1 saturated heterocycles. The maximum Gasteiger partial charge on any atom is 0.249 e. The molecule has 1 atom stereocenters. The van der Waals surface area contributed by atoms with Crippen LogP contribution in [-0.4, -0.2) is 35.2 Å². The minimum atomic E-state index is -0.585. The fourth-order valence-electron chi connectivity index (χ4n) is 2.28. The number of benzene rings is 1. The van der Waals surface area contributed by atoms with Gasteiger partial charge in [-0.25, -0.2) is 0 Å². The number of amides is 3. The van der Waals surface area contributed by atoms with E-state index in [1.165, 1.54) is 4.90 Å². The van der Waals surface area contributed by atoms with Gasteiger partial charge in [-0.15, -0.1) is 0 Å². The Morgan fingerprint density at radius 2 is 2.15 bits per heavy atom. The number of nitrogens with one attached hydrogen (secondary N) is 1. The van der Waals surface area contributed by atoms with E-state index in [1.54, 1.807) is 6.92 Å². The first-order valence-corrected chi connectivity index (χ1v) is 6.66. The van der Waals surface area contributed by atoms with E-state index >= 15 is 0 Å². The number of hydrogen-bond acceptors (Lipinski definition) is 3. The van der Waals surface area contributed by atoms with Crippen molar-refractivity contribution in [1.29, 1.82) is 0 Å². The van der Waals surface area contributed by atoms with Crippen LogP contribution in [0.2, 0.25) is 0 Å². The van der Waals surface area contributed by atoms with Gasteiger partial charge in [-0.3, -0.25) is 19.7 Å². The Hall–Kier alpha value is -2.17. The fourth-order valence-corrected chi connectivity index (χ4v) is 2.28. The van der Waals surface area contributed by atoms with Crippen LogP contribution in [0.5, 0.6) is 0 Å². The number of rotatable bonds is 3. The van der Waals surface area contributed by atoms with E-state index in [4.69, 9.17) is 0 Å². The van der Waals surface area contributed by atoms with Crippen LogP contribution in [0.1, 0.15) is 24.5 Å². The molecule has 0 radical (unpaired) electrons. The topological polar surface area (TPSA) is 66.5 Å². The van der Waals surface area contributed by atoms with Crippen molar-refractivity contribution >= 4 is 17.7 Å². The fraction of sp³-hybridized carbons (Fsp3) is 0.400. The van der Waals surface area contributed by atoms with Gasteiger partial charge in [0.15, 0.2) is 0 Å². The van der Waals surface area contributed by atoms with Crippen molar-refractivity contribution in [2.24, 2.45) is 0 Å². The zero-order valence-electron chi connectivity index (χ0n) is 11.7. The van der Waals surface area contributed by atoms with Crippen LogP contribution in [0.15, 0.2) is 24.3 Å². The molecule has 1 aliphatic heterocycles. The second-order valence-electron chi connectivity index (χ2n) is 5.10. The number of nitrogens with zero attached hydrogens (tertiary/aromatic N) is 1. The van der Waals surface area contributed by atoms with Crippen LogP contribution < -0.4 is 5.32 Å². The first kappa shape index (κ1) is 14.2. The Labute approximate surface area is 118 Å². The highest BCUT2D eigenvalue weighted by atomic mass is 16.2. The van der Waals surface area contributed by atoms with Gasteiger partial charge in [-0.2, -0.15) is 0 Å². The van der Waals surface area contributed by atoms with Gasteiger partial charge >= 0.3 is 0 Å². The summed E-state index contributed by atoms with van der Waals surface area (Å²) >= 11 is 0. The molecule has 1 unspecified atom stereocenters. The van der Waals surface area contributed by atoms with Crippen LogP contribution in [0.25, 0.3) is 0 Å². The molecule has 2 rings (SSSR count). The molecule has 106 valence electrons. The SMILES string of the molecule is Cc1cccc(CCC(=O)N2CC(=O)NC(=O)C2C)c1. The molecule has 0 aromatic heterocycles. The van der Waals surface area contributed by atoms with Crippen molar-refractivity contribution < 1.29 is 14.4 Å². The average molecular weight is 274 g/mol. The summed E-state index contributed by atoms with van der Waals surface area (Å²) in [5.74, 6) is -0.996. The predicted molar refractivity (Wildman–Crippen MR) is 73.8 cm³/mol. The van der Waals surface area contributed by atoms with Gasteiger partial charge in [0.25, 0.3) is 0 Å². The van der Waals surface area contributed by atoms with Gasteiger partial charge in [0.2, 0.25) is 17.7 Å². The van der Waals surface area contributed by atoms with E-state index in [0.29, 0.717) is 12.8 Å². The van der Waals surface area contributed by atoms with Gasteiger partial charge in [0.05, 0.1) is 0 Å². The van der Waals surface area contributed by atoms with Gasteiger partial charge < -0.3 is 4.90 Å². The van der Waals surface area contributed by atoms with Gasteiger partial charge in [0.1, 0.15) is 12.6 Å². The van der Waals surface area contributed by atoms with Gasteiger partial charge in [0, 0.05) is 6.42 Å². The standard InChI is InChI=1S/C15H18N2O3/c1-10-4-3-5-12(8-10)6-7-14(19)17-9-13(18)16-15(20)11(17)2/h3-5,8,11H,6-7,9H2,1-2H3,(H,16,18,20). The Kier molecular flexibility index (Phi) is 4.17. The lowest BCUT2D eigenvalue weighted by Crippen LogP contribution is -2.58. The minimum absolute atomic E-state index is 0.0421. The third-order valence-corrected chi connectivity index (χ3v) is 3.45. The molecule has 1 N–H and O–H groups in total. The van der Waals surface area contributed by atoms with Crippen molar-refractivity contribution in [1.82, 2.24) is 10.2 Å². The van der Waals surface area contributed by atoms with Crippen molar-refractivity contribution in [3.8, 4) is 0 Å². The summed E-state index contributed by atoms with van der Waals surface area (Å²) in [6, 6.07) is 7.37. The molecule has 5 heteroatoms. The van der Waals surface area contributed by atoms with E-state index < -0.39 is 17.9 Å². The summed E-state index contributed by atoms with van der Waals surface area (Å²) < 4.78 is 0. The van der Waals surface area contributed by atoms with Gasteiger partial charge in [-0.1, -0.05) is 29.8 Å². The molecule has 1 fully saturated rings. The number of aryl methyl sites for hydroxylation is 2. The molecule has 20 heavy (non-hydrogen) atoms. The van der Waals surface area contributed by atoms with Crippen molar-refractivity contribution in [3.05, 3.63) is 35.4 Å². The monoisotopic (exact) mass is 274 g/mol. The highest BCUT2D eigenvalue weighted by molar-refractivity contribution is 6.04. The summed E-state index contributed by atoms with van der Waals surface area (Å²) in [6.07, 6.45) is 0.911. The van der Waals surface area contributed by atoms with E-state index in [-0.39, 0.29) is 12.5 Å². The number of carbonyl (C=O) groups is 3. The van der Waals surface area contributed by atoms with Crippen LogP contribution >= 0.6 is 0 Å². The van der Waals surface area contributed by atoms with Crippen molar-refractivity contribution in [3.63, 3.8) is 0 Å². The number of imide groups is 1. The minimum Gasteiger partial charge on any atom is -0.322 e. The molecule has 0 saturated carbocycles. The first-order valence-electron chi connectivity index (χ1n) is 6.66. The highest BCUT2D eigenvalue weighted by Gasteiger charge is 2.32. The second kappa shape index (κ2) is 5.86. The maximum atomic E-state index is 12.2. The van der Waals surface area contributed by atoms with Crippen molar-refractivity contribution in [2.75, 3.05) is 6.54 Å². The number of piperazine rings is 1. The van der Waals surface area contributed by atoms with E-state index in [2.05, 4.69) is 5.32 Å². The summed E-state index contributed by atoms with van der Waals surface area (Å²) in [5, 5.41) is 2.22. The smallest absolute Gasteiger partial charge is 0.249 e. The Morgan fingerprint density at radius 3 is 2.85 bits per heavy atom. The third kappa shape index (κ3) is 3.23. The quantitative estimate of drug-likeness (QED) is 0.829. The van der Waals surface area contributed by atoms with E-state index in [0.717, 1.165) is 11.1 Å². The molecule has 1 heterocycles. The zero-order valence-corrected chi connectivity index (χ0v) is 11.7. The Bertz CT molecular complexity index is 554. The molecule has 0 bridgehead atoms. The molecule has 0 spiro atoms. The van der Waals surface area contributed by atoms with Crippen LogP contribution in [0.3, 0.4) is 0 Å². The van der Waals surface area contributed by atoms with E-state index in [1.807, 2.05) is 31.2 Å². The maximum absolute atomic E-state index is 12.2. The molecule has 5 nitrogen and oxygen atoms in total. The molecule has 1 aromatic carbocycles. The molecular formula is C15H18N2O3. The third-order valence-electron chi connectivity index (χ3n) is 3.45. The Morgan fingerprint density at radius 1 is 1.40 bits per heavy atom. The Balaban J connectivity index is 1.97. The molecular weight excluding hydrogens is 256 g/mol. The second-order valence-corrected chi connectivity index (χ2v) is 5.10. The summed E-state index contributed by atoms with van der Waals surface area (Å²) in [7, 11) is 0. The lowest BCUT2D eigenvalue weighted by Gasteiger charge is -2.31. The van der Waals surface area contributed by atoms with Gasteiger partial charge in [-0.05, 0) is 25.8 Å². The summed E-state index contributed by atoms with van der Waals surface area (Å²) in [6.45, 7) is 3.59. The van der Waals surface area contributed by atoms with E-state index in [9.17, 15) is 14.4 Å². The number of hydrogen-bond donors (Lipinski definition) is 1. The zero-order chi connectivity index (χ0) is 14.7. The lowest BCUT2D eigenvalue weighted by molar-refractivity contribution is -0.149. The average Bonchev–Trinajstić information content (AvgIpc) is 2.40. The molecule has 0 aliphatic carbocycles. The highest BCUT2D eigenvalue weighted by Crippen LogP contribution is 2.11.